The second-order valence-corrected chi connectivity index (χ2v) is 5.52. The first-order valence-electron chi connectivity index (χ1n) is 6.90. The highest BCUT2D eigenvalue weighted by Gasteiger charge is 2.27. The van der Waals surface area contributed by atoms with Gasteiger partial charge in [0.1, 0.15) is 0 Å². The number of hydrogen-bond acceptors (Lipinski definition) is 3. The van der Waals surface area contributed by atoms with Gasteiger partial charge in [-0.3, -0.25) is 4.90 Å². The van der Waals surface area contributed by atoms with Gasteiger partial charge in [0.15, 0.2) is 0 Å². The standard InChI is InChI=1S/C13H27N3/c1-12(5-6-14-2)16-9-7-15(8-10-16)11-13-3-4-13/h12-14H,3-11H2,1-2H3. The van der Waals surface area contributed by atoms with Gasteiger partial charge >= 0.3 is 0 Å². The molecule has 1 heterocycles. The van der Waals surface area contributed by atoms with Gasteiger partial charge in [0.25, 0.3) is 0 Å². The third-order valence-electron chi connectivity index (χ3n) is 4.06. The molecule has 3 nitrogen and oxygen atoms in total. The van der Waals surface area contributed by atoms with Crippen molar-refractivity contribution in [2.45, 2.75) is 32.2 Å². The van der Waals surface area contributed by atoms with Crippen LogP contribution in [0.3, 0.4) is 0 Å². The van der Waals surface area contributed by atoms with Crippen LogP contribution in [0.4, 0.5) is 0 Å². The number of nitrogens with zero attached hydrogens (tertiary/aromatic N) is 2. The highest BCUT2D eigenvalue weighted by atomic mass is 15.3. The summed E-state index contributed by atoms with van der Waals surface area (Å²) >= 11 is 0. The summed E-state index contributed by atoms with van der Waals surface area (Å²) in [7, 11) is 2.04. The molecular formula is C13H27N3. The third-order valence-corrected chi connectivity index (χ3v) is 4.06. The summed E-state index contributed by atoms with van der Waals surface area (Å²) in [4.78, 5) is 5.32. The maximum atomic E-state index is 3.24. The molecule has 0 aromatic heterocycles. The zero-order valence-electron chi connectivity index (χ0n) is 10.9. The zero-order chi connectivity index (χ0) is 11.4. The molecule has 1 saturated heterocycles. The Morgan fingerprint density at radius 1 is 1.19 bits per heavy atom. The molecule has 0 amide bonds. The fourth-order valence-corrected chi connectivity index (χ4v) is 2.59. The lowest BCUT2D eigenvalue weighted by atomic mass is 10.1. The van der Waals surface area contributed by atoms with Crippen LogP contribution in [0, 0.1) is 5.92 Å². The Labute approximate surface area is 100 Å². The minimum atomic E-state index is 0.746. The van der Waals surface area contributed by atoms with Gasteiger partial charge in [-0.05, 0) is 45.7 Å². The van der Waals surface area contributed by atoms with Crippen molar-refractivity contribution in [2.24, 2.45) is 5.92 Å². The molecule has 0 radical (unpaired) electrons. The lowest BCUT2D eigenvalue weighted by molar-refractivity contribution is 0.0961. The van der Waals surface area contributed by atoms with Crippen LogP contribution in [0.2, 0.25) is 0 Å². The maximum Gasteiger partial charge on any atom is 0.0113 e. The van der Waals surface area contributed by atoms with E-state index < -0.39 is 0 Å². The van der Waals surface area contributed by atoms with Crippen molar-refractivity contribution < 1.29 is 0 Å². The number of hydrogen-bond donors (Lipinski definition) is 1. The van der Waals surface area contributed by atoms with Crippen molar-refractivity contribution in [1.82, 2.24) is 15.1 Å². The topological polar surface area (TPSA) is 18.5 Å². The molecule has 1 atom stereocenters. The predicted octanol–water partition coefficient (Wildman–Crippen LogP) is 1.01. The van der Waals surface area contributed by atoms with Gasteiger partial charge in [0, 0.05) is 38.8 Å². The largest absolute Gasteiger partial charge is 0.320 e. The van der Waals surface area contributed by atoms with Gasteiger partial charge in [0.05, 0.1) is 0 Å². The molecule has 1 unspecified atom stereocenters. The van der Waals surface area contributed by atoms with Crippen LogP contribution in [0.1, 0.15) is 26.2 Å². The summed E-state index contributed by atoms with van der Waals surface area (Å²) in [6.45, 7) is 10.0. The van der Waals surface area contributed by atoms with Crippen LogP contribution in [-0.2, 0) is 0 Å². The molecule has 0 bridgehead atoms. The molecule has 94 valence electrons. The Kier molecular flexibility index (Phi) is 4.62. The average molecular weight is 225 g/mol. The van der Waals surface area contributed by atoms with Crippen molar-refractivity contribution in [3.05, 3.63) is 0 Å². The fraction of sp³-hybridized carbons (Fsp3) is 1.00. The maximum absolute atomic E-state index is 3.24. The summed E-state index contributed by atoms with van der Waals surface area (Å²) in [5, 5.41) is 3.24. The van der Waals surface area contributed by atoms with Crippen molar-refractivity contribution in [3.63, 3.8) is 0 Å². The van der Waals surface area contributed by atoms with Gasteiger partial charge in [0.2, 0.25) is 0 Å². The van der Waals surface area contributed by atoms with Crippen LogP contribution in [-0.4, -0.2) is 62.2 Å². The molecule has 1 saturated carbocycles. The first-order valence-corrected chi connectivity index (χ1v) is 6.90. The predicted molar refractivity (Wildman–Crippen MR) is 68.7 cm³/mol. The molecular weight excluding hydrogens is 198 g/mol. The second-order valence-electron chi connectivity index (χ2n) is 5.52. The molecule has 16 heavy (non-hydrogen) atoms. The molecule has 0 spiro atoms. The number of piperazine rings is 1. The fourth-order valence-electron chi connectivity index (χ4n) is 2.59. The van der Waals surface area contributed by atoms with Crippen molar-refractivity contribution >= 4 is 0 Å². The first-order chi connectivity index (χ1) is 7.79. The quantitative estimate of drug-likeness (QED) is 0.728. The van der Waals surface area contributed by atoms with E-state index >= 15 is 0 Å². The molecule has 2 rings (SSSR count). The summed E-state index contributed by atoms with van der Waals surface area (Å²) in [5.41, 5.74) is 0. The van der Waals surface area contributed by atoms with Crippen LogP contribution in [0.25, 0.3) is 0 Å². The molecule has 0 aromatic carbocycles. The molecule has 2 aliphatic rings. The van der Waals surface area contributed by atoms with Crippen LogP contribution in [0.5, 0.6) is 0 Å². The monoisotopic (exact) mass is 225 g/mol. The molecule has 0 aromatic rings. The van der Waals surface area contributed by atoms with E-state index in [1.54, 1.807) is 0 Å². The van der Waals surface area contributed by atoms with E-state index in [4.69, 9.17) is 0 Å². The molecule has 3 heteroatoms. The summed E-state index contributed by atoms with van der Waals surface area (Å²) in [6.07, 6.45) is 4.25. The summed E-state index contributed by atoms with van der Waals surface area (Å²) < 4.78 is 0. The molecule has 1 aliphatic heterocycles. The van der Waals surface area contributed by atoms with Gasteiger partial charge in [-0.15, -0.1) is 0 Å². The van der Waals surface area contributed by atoms with Crippen molar-refractivity contribution in [3.8, 4) is 0 Å². The van der Waals surface area contributed by atoms with E-state index in [1.807, 2.05) is 7.05 Å². The van der Waals surface area contributed by atoms with E-state index in [0.29, 0.717) is 0 Å². The van der Waals surface area contributed by atoms with Crippen LogP contribution in [0.15, 0.2) is 0 Å². The highest BCUT2D eigenvalue weighted by Crippen LogP contribution is 2.30. The highest BCUT2D eigenvalue weighted by molar-refractivity contribution is 4.82. The van der Waals surface area contributed by atoms with Gasteiger partial charge in [-0.25, -0.2) is 0 Å². The normalized spacial score (nSPS) is 25.9. The SMILES string of the molecule is CNCCC(C)N1CCN(CC2CC2)CC1. The van der Waals surface area contributed by atoms with E-state index in [-0.39, 0.29) is 0 Å². The molecule has 1 aliphatic carbocycles. The van der Waals surface area contributed by atoms with Gasteiger partial charge in [-0.1, -0.05) is 0 Å². The zero-order valence-corrected chi connectivity index (χ0v) is 10.9. The Balaban J connectivity index is 1.63. The first kappa shape index (κ1) is 12.3. The Morgan fingerprint density at radius 3 is 2.44 bits per heavy atom. The number of rotatable bonds is 6. The molecule has 2 fully saturated rings. The van der Waals surface area contributed by atoms with Gasteiger partial charge in [-0.2, -0.15) is 0 Å². The minimum Gasteiger partial charge on any atom is -0.320 e. The van der Waals surface area contributed by atoms with Crippen LogP contribution < -0.4 is 5.32 Å². The average Bonchev–Trinajstić information content (AvgIpc) is 3.11. The van der Waals surface area contributed by atoms with Crippen molar-refractivity contribution in [2.75, 3.05) is 46.3 Å². The Bertz CT molecular complexity index is 195. The number of nitrogens with one attached hydrogen (secondary N) is 1. The summed E-state index contributed by atoms with van der Waals surface area (Å²) in [6, 6.07) is 0.746. The lowest BCUT2D eigenvalue weighted by Gasteiger charge is -2.38. The van der Waals surface area contributed by atoms with Gasteiger partial charge < -0.3 is 10.2 Å². The minimum absolute atomic E-state index is 0.746. The third kappa shape index (κ3) is 3.72. The van der Waals surface area contributed by atoms with E-state index in [0.717, 1.165) is 18.5 Å². The van der Waals surface area contributed by atoms with E-state index in [2.05, 4.69) is 22.0 Å². The Morgan fingerprint density at radius 2 is 1.88 bits per heavy atom. The smallest absolute Gasteiger partial charge is 0.0113 e. The summed E-state index contributed by atoms with van der Waals surface area (Å²) in [5.74, 6) is 1.05. The van der Waals surface area contributed by atoms with E-state index in [9.17, 15) is 0 Å². The van der Waals surface area contributed by atoms with Crippen molar-refractivity contribution in [1.29, 1.82) is 0 Å². The Hall–Kier alpha value is -0.120. The lowest BCUT2D eigenvalue weighted by Crippen LogP contribution is -2.50. The van der Waals surface area contributed by atoms with E-state index in [1.165, 1.54) is 52.0 Å². The second kappa shape index (κ2) is 5.99. The molecule has 1 N–H and O–H groups in total. The van der Waals surface area contributed by atoms with Crippen LogP contribution >= 0.6 is 0 Å².